The molecule has 1 atom stereocenters. The monoisotopic (exact) mass is 407 g/mol. The maximum absolute atomic E-state index is 13.0. The molecule has 1 unspecified atom stereocenters. The van der Waals surface area contributed by atoms with Crippen molar-refractivity contribution in [2.45, 2.75) is 39.2 Å². The van der Waals surface area contributed by atoms with Crippen molar-refractivity contribution in [2.24, 2.45) is 0 Å². The molecule has 0 saturated carbocycles. The lowest BCUT2D eigenvalue weighted by Gasteiger charge is -2.16. The third-order valence-corrected chi connectivity index (χ3v) is 4.91. The third-order valence-electron chi connectivity index (χ3n) is 4.91. The Labute approximate surface area is 176 Å². The topological polar surface area (TPSA) is 77.2 Å². The van der Waals surface area contributed by atoms with Crippen molar-refractivity contribution >= 4 is 11.7 Å². The number of nitrogens with zero attached hydrogens (tertiary/aromatic N) is 1. The molecule has 3 N–H and O–H groups in total. The van der Waals surface area contributed by atoms with Gasteiger partial charge in [-0.2, -0.15) is 4.39 Å². The highest BCUT2D eigenvalue weighted by molar-refractivity contribution is 5.98. The van der Waals surface area contributed by atoms with Crippen molar-refractivity contribution in [3.8, 4) is 11.5 Å². The van der Waals surface area contributed by atoms with Crippen LogP contribution in [0.25, 0.3) is 0 Å². The molecule has 0 bridgehead atoms. The van der Waals surface area contributed by atoms with E-state index < -0.39 is 11.9 Å². The molecule has 0 fully saturated rings. The first kappa shape index (κ1) is 21.3. The molecule has 3 rings (SSSR count). The zero-order valence-electron chi connectivity index (χ0n) is 17.2. The maximum Gasteiger partial charge on any atom is 0.255 e. The van der Waals surface area contributed by atoms with E-state index in [0.717, 1.165) is 36.0 Å². The zero-order chi connectivity index (χ0) is 21.5. The van der Waals surface area contributed by atoms with Crippen molar-refractivity contribution < 1.29 is 13.9 Å². The molecular weight excluding hydrogens is 381 g/mol. The summed E-state index contributed by atoms with van der Waals surface area (Å²) < 4.78 is 19.1. The fraction of sp³-hybridized carbons (Fsp3) is 0.250. The average Bonchev–Trinajstić information content (AvgIpc) is 2.73. The van der Waals surface area contributed by atoms with E-state index in [1.807, 2.05) is 42.5 Å². The first-order chi connectivity index (χ1) is 14.5. The van der Waals surface area contributed by atoms with Crippen molar-refractivity contribution in [1.82, 2.24) is 10.3 Å². The van der Waals surface area contributed by atoms with Crippen molar-refractivity contribution in [2.75, 3.05) is 5.73 Å². The number of pyridine rings is 1. The Morgan fingerprint density at radius 3 is 2.57 bits per heavy atom. The molecule has 2 aromatic carbocycles. The molecule has 1 amide bonds. The summed E-state index contributed by atoms with van der Waals surface area (Å²) in [7, 11) is 0. The van der Waals surface area contributed by atoms with Gasteiger partial charge in [0.25, 0.3) is 5.91 Å². The fourth-order valence-electron chi connectivity index (χ4n) is 3.29. The van der Waals surface area contributed by atoms with E-state index in [1.54, 1.807) is 0 Å². The molecule has 1 aromatic heterocycles. The van der Waals surface area contributed by atoms with Gasteiger partial charge in [-0.3, -0.25) is 4.79 Å². The maximum atomic E-state index is 13.0. The van der Waals surface area contributed by atoms with Crippen LogP contribution < -0.4 is 15.8 Å². The summed E-state index contributed by atoms with van der Waals surface area (Å²) in [5.74, 6) is 0.762. The Morgan fingerprint density at radius 2 is 1.87 bits per heavy atom. The Kier molecular flexibility index (Phi) is 7.01. The molecule has 1 heterocycles. The molecule has 3 aromatic rings. The highest BCUT2D eigenvalue weighted by Gasteiger charge is 2.13. The number of carbonyl (C=O) groups is 1. The normalized spacial score (nSPS) is 11.7. The Balaban J connectivity index is 1.63. The van der Waals surface area contributed by atoms with Gasteiger partial charge in [-0.15, -0.1) is 0 Å². The van der Waals surface area contributed by atoms with Crippen LogP contribution in [0.2, 0.25) is 0 Å². The fourth-order valence-corrected chi connectivity index (χ4v) is 3.29. The lowest BCUT2D eigenvalue weighted by molar-refractivity contribution is 0.0951. The van der Waals surface area contributed by atoms with Gasteiger partial charge in [0.1, 0.15) is 17.3 Å². The second-order valence-corrected chi connectivity index (χ2v) is 7.22. The van der Waals surface area contributed by atoms with Crippen LogP contribution >= 0.6 is 0 Å². The van der Waals surface area contributed by atoms with Gasteiger partial charge >= 0.3 is 0 Å². The number of carbonyl (C=O) groups excluding carboxylic acids is 1. The minimum atomic E-state index is -0.717. The molecule has 0 aliphatic rings. The van der Waals surface area contributed by atoms with E-state index >= 15 is 0 Å². The molecule has 0 radical (unpaired) electrons. The zero-order valence-corrected chi connectivity index (χ0v) is 17.2. The molecule has 0 aliphatic heterocycles. The van der Waals surface area contributed by atoms with Gasteiger partial charge in [-0.05, 0) is 53.8 Å². The van der Waals surface area contributed by atoms with E-state index in [0.29, 0.717) is 12.5 Å². The van der Waals surface area contributed by atoms with Crippen LogP contribution in [0.3, 0.4) is 0 Å². The average molecular weight is 407 g/mol. The van der Waals surface area contributed by atoms with E-state index in [4.69, 9.17) is 10.5 Å². The number of hydrogen-bond acceptors (Lipinski definition) is 4. The number of ether oxygens (including phenoxy) is 1. The largest absolute Gasteiger partial charge is 0.457 e. The molecular formula is C24H26FN3O2. The molecule has 0 aliphatic carbocycles. The number of anilines is 1. The van der Waals surface area contributed by atoms with Crippen LogP contribution in [-0.4, -0.2) is 10.9 Å². The lowest BCUT2D eigenvalue weighted by atomic mass is 9.96. The standard InChI is InChI=1S/C24H26FN3O2/c1-3-6-16(2)19-7-4-5-8-21(19)30-18-11-9-17(10-12-18)15-27-24(29)20-13-14-22(25)28-23(20)26/h4-5,7-14,16H,3,6,15H2,1-2H3,(H2,26,28)(H,27,29). The molecule has 6 heteroatoms. The van der Waals surface area contributed by atoms with Gasteiger partial charge in [-0.1, -0.05) is 50.6 Å². The number of hydrogen-bond donors (Lipinski definition) is 2. The summed E-state index contributed by atoms with van der Waals surface area (Å²) in [6.07, 6.45) is 2.22. The number of halogens is 1. The lowest BCUT2D eigenvalue weighted by Crippen LogP contribution is -2.24. The highest BCUT2D eigenvalue weighted by Crippen LogP contribution is 2.32. The van der Waals surface area contributed by atoms with Crippen LogP contribution in [0.5, 0.6) is 11.5 Å². The Hall–Kier alpha value is -3.41. The van der Waals surface area contributed by atoms with E-state index in [9.17, 15) is 9.18 Å². The summed E-state index contributed by atoms with van der Waals surface area (Å²) in [5.41, 5.74) is 7.85. The molecule has 0 spiro atoms. The molecule has 5 nitrogen and oxygen atoms in total. The van der Waals surface area contributed by atoms with Crippen LogP contribution in [0, 0.1) is 5.95 Å². The molecule has 156 valence electrons. The number of benzene rings is 2. The van der Waals surface area contributed by atoms with E-state index in [-0.39, 0.29) is 11.4 Å². The quantitative estimate of drug-likeness (QED) is 0.488. The van der Waals surface area contributed by atoms with Crippen LogP contribution in [0.1, 0.15) is 54.1 Å². The number of nitrogens with two attached hydrogens (primary N) is 1. The Bertz CT molecular complexity index is 1010. The first-order valence-electron chi connectivity index (χ1n) is 10.0. The predicted molar refractivity (Wildman–Crippen MR) is 116 cm³/mol. The summed E-state index contributed by atoms with van der Waals surface area (Å²) in [6.45, 7) is 4.69. The van der Waals surface area contributed by atoms with Crippen molar-refractivity contribution in [1.29, 1.82) is 0 Å². The van der Waals surface area contributed by atoms with Gasteiger partial charge in [0, 0.05) is 6.54 Å². The summed E-state index contributed by atoms with van der Waals surface area (Å²) in [4.78, 5) is 15.7. The van der Waals surface area contributed by atoms with Gasteiger partial charge in [0.2, 0.25) is 5.95 Å². The summed E-state index contributed by atoms with van der Waals surface area (Å²) in [6, 6.07) is 18.0. The molecule has 0 saturated heterocycles. The van der Waals surface area contributed by atoms with Gasteiger partial charge < -0.3 is 15.8 Å². The van der Waals surface area contributed by atoms with E-state index in [2.05, 4.69) is 30.2 Å². The number of nitrogen functional groups attached to an aromatic ring is 1. The number of aromatic nitrogens is 1. The van der Waals surface area contributed by atoms with Gasteiger partial charge in [-0.25, -0.2) is 4.98 Å². The van der Waals surface area contributed by atoms with Crippen molar-refractivity contribution in [3.63, 3.8) is 0 Å². The third kappa shape index (κ3) is 5.35. The Morgan fingerprint density at radius 1 is 1.13 bits per heavy atom. The first-order valence-corrected chi connectivity index (χ1v) is 10.0. The van der Waals surface area contributed by atoms with Gasteiger partial charge in [0.15, 0.2) is 0 Å². The van der Waals surface area contributed by atoms with Crippen LogP contribution in [-0.2, 0) is 6.54 Å². The summed E-state index contributed by atoms with van der Waals surface area (Å²) in [5, 5.41) is 2.76. The smallest absolute Gasteiger partial charge is 0.255 e. The number of amides is 1. The molecule has 30 heavy (non-hydrogen) atoms. The van der Waals surface area contributed by atoms with E-state index in [1.165, 1.54) is 11.6 Å². The number of para-hydroxylation sites is 1. The number of rotatable bonds is 8. The number of nitrogens with one attached hydrogen (secondary N) is 1. The van der Waals surface area contributed by atoms with Crippen LogP contribution in [0.4, 0.5) is 10.2 Å². The second-order valence-electron chi connectivity index (χ2n) is 7.22. The van der Waals surface area contributed by atoms with Crippen LogP contribution in [0.15, 0.2) is 60.7 Å². The van der Waals surface area contributed by atoms with Gasteiger partial charge in [0.05, 0.1) is 5.56 Å². The highest BCUT2D eigenvalue weighted by atomic mass is 19.1. The minimum absolute atomic E-state index is 0.132. The SMILES string of the molecule is CCCC(C)c1ccccc1Oc1ccc(CNC(=O)c2ccc(F)nc2N)cc1. The summed E-state index contributed by atoms with van der Waals surface area (Å²) >= 11 is 0. The predicted octanol–water partition coefficient (Wildman–Crippen LogP) is 5.43. The minimum Gasteiger partial charge on any atom is -0.457 e. The second kappa shape index (κ2) is 9.87. The van der Waals surface area contributed by atoms with Crippen molar-refractivity contribution in [3.05, 3.63) is 83.3 Å².